The largest absolute Gasteiger partial charge is 0.497 e. The van der Waals surface area contributed by atoms with Gasteiger partial charge in [-0.15, -0.1) is 6.58 Å². The molecule has 0 radical (unpaired) electrons. The second-order valence-corrected chi connectivity index (χ2v) is 6.68. The van der Waals surface area contributed by atoms with E-state index in [0.717, 1.165) is 16.9 Å². The molecular formula is C24H30O6. The Morgan fingerprint density at radius 1 is 0.933 bits per heavy atom. The minimum absolute atomic E-state index is 0.0410. The third kappa shape index (κ3) is 7.30. The van der Waals surface area contributed by atoms with Crippen LogP contribution in [0.25, 0.3) is 0 Å². The third-order valence-electron chi connectivity index (χ3n) is 4.71. The fourth-order valence-electron chi connectivity index (χ4n) is 2.97. The predicted molar refractivity (Wildman–Crippen MR) is 114 cm³/mol. The third-order valence-corrected chi connectivity index (χ3v) is 4.71. The molecule has 6 nitrogen and oxygen atoms in total. The van der Waals surface area contributed by atoms with Gasteiger partial charge in [-0.1, -0.05) is 48.5 Å². The van der Waals surface area contributed by atoms with Crippen LogP contribution in [0.2, 0.25) is 0 Å². The van der Waals surface area contributed by atoms with E-state index in [-0.39, 0.29) is 12.4 Å². The zero-order chi connectivity index (χ0) is 21.8. The molecule has 2 rings (SSSR count). The number of esters is 1. The van der Waals surface area contributed by atoms with Gasteiger partial charge in [-0.3, -0.25) is 4.79 Å². The highest BCUT2D eigenvalue weighted by Crippen LogP contribution is 2.20. The van der Waals surface area contributed by atoms with Crippen molar-refractivity contribution in [2.75, 3.05) is 21.3 Å². The number of carbonyl (C=O) groups excluding carboxylic acids is 1. The quantitative estimate of drug-likeness (QED) is 0.366. The summed E-state index contributed by atoms with van der Waals surface area (Å²) in [5.74, 6) is 0.386. The van der Waals surface area contributed by atoms with E-state index < -0.39 is 18.3 Å². The zero-order valence-electron chi connectivity index (χ0n) is 17.8. The maximum Gasteiger partial charge on any atom is 0.308 e. The normalized spacial score (nSPS) is 13.8. The summed E-state index contributed by atoms with van der Waals surface area (Å²) >= 11 is 0. The van der Waals surface area contributed by atoms with Crippen molar-refractivity contribution in [3.63, 3.8) is 0 Å². The van der Waals surface area contributed by atoms with Crippen molar-refractivity contribution in [2.45, 2.75) is 37.9 Å². The van der Waals surface area contributed by atoms with E-state index in [1.807, 2.05) is 54.6 Å². The lowest BCUT2D eigenvalue weighted by atomic mass is 10.0. The van der Waals surface area contributed by atoms with E-state index in [4.69, 9.17) is 23.7 Å². The SMILES string of the molecule is C=C[C@H](OCc1ccccc1)[C@@H](OCc1ccc(OC)cc1)[C@@H](CC(=O)OC)OC. The molecule has 0 heterocycles. The van der Waals surface area contributed by atoms with Crippen molar-refractivity contribution in [1.82, 2.24) is 0 Å². The van der Waals surface area contributed by atoms with Gasteiger partial charge < -0.3 is 23.7 Å². The molecule has 0 amide bonds. The van der Waals surface area contributed by atoms with E-state index in [1.54, 1.807) is 13.2 Å². The molecule has 6 heteroatoms. The van der Waals surface area contributed by atoms with Crippen LogP contribution in [0.3, 0.4) is 0 Å². The molecule has 0 saturated carbocycles. The van der Waals surface area contributed by atoms with Gasteiger partial charge in [0, 0.05) is 7.11 Å². The lowest BCUT2D eigenvalue weighted by molar-refractivity contribution is -0.154. The molecule has 2 aromatic rings. The maximum absolute atomic E-state index is 11.9. The van der Waals surface area contributed by atoms with Crippen LogP contribution >= 0.6 is 0 Å². The summed E-state index contributed by atoms with van der Waals surface area (Å²) in [6.07, 6.45) is 0.106. The van der Waals surface area contributed by atoms with Crippen LogP contribution in [0.15, 0.2) is 67.3 Å². The van der Waals surface area contributed by atoms with Crippen molar-refractivity contribution in [3.05, 3.63) is 78.4 Å². The van der Waals surface area contributed by atoms with Crippen LogP contribution in [0.5, 0.6) is 5.75 Å². The standard InChI is InChI=1S/C24H30O6/c1-5-21(29-16-18-9-7-6-8-10-18)24(22(27-3)15-23(25)28-4)30-17-19-11-13-20(26-2)14-12-19/h5-14,21-22,24H,1,15-17H2,2-4H3/t21-,22+,24+/m0/s1. The topological polar surface area (TPSA) is 63.2 Å². The smallest absolute Gasteiger partial charge is 0.308 e. The number of ether oxygens (including phenoxy) is 5. The van der Waals surface area contributed by atoms with Gasteiger partial charge in [0.1, 0.15) is 18.0 Å². The number of hydrogen-bond acceptors (Lipinski definition) is 6. The van der Waals surface area contributed by atoms with Gasteiger partial charge in [-0.05, 0) is 23.3 Å². The molecule has 0 aromatic heterocycles. The molecular weight excluding hydrogens is 384 g/mol. The van der Waals surface area contributed by atoms with Gasteiger partial charge in [-0.25, -0.2) is 0 Å². The minimum atomic E-state index is -0.561. The molecule has 0 N–H and O–H groups in total. The van der Waals surface area contributed by atoms with Crippen molar-refractivity contribution in [2.24, 2.45) is 0 Å². The molecule has 162 valence electrons. The molecule has 2 aromatic carbocycles. The summed E-state index contributed by atoms with van der Waals surface area (Å²) in [4.78, 5) is 11.9. The Labute approximate surface area is 178 Å². The Kier molecular flexibility index (Phi) is 10.1. The molecule has 0 spiro atoms. The molecule has 30 heavy (non-hydrogen) atoms. The molecule has 0 fully saturated rings. The first kappa shape index (κ1) is 23.6. The van der Waals surface area contributed by atoms with Crippen LogP contribution in [0.1, 0.15) is 17.5 Å². The van der Waals surface area contributed by atoms with Crippen molar-refractivity contribution in [3.8, 4) is 5.75 Å². The summed E-state index contributed by atoms with van der Waals surface area (Å²) in [6.45, 7) is 4.59. The predicted octanol–water partition coefficient (Wildman–Crippen LogP) is 3.93. The average Bonchev–Trinajstić information content (AvgIpc) is 2.80. The molecule has 3 atom stereocenters. The van der Waals surface area contributed by atoms with Crippen LogP contribution in [0, 0.1) is 0 Å². The van der Waals surface area contributed by atoms with Gasteiger partial charge in [0.25, 0.3) is 0 Å². The van der Waals surface area contributed by atoms with Crippen LogP contribution < -0.4 is 4.74 Å². The molecule has 0 aliphatic carbocycles. The molecule has 0 aliphatic rings. The van der Waals surface area contributed by atoms with Crippen molar-refractivity contribution >= 4 is 5.97 Å². The van der Waals surface area contributed by atoms with Crippen LogP contribution in [0.4, 0.5) is 0 Å². The molecule has 0 bridgehead atoms. The summed E-state index contributed by atoms with van der Waals surface area (Å²) in [5, 5.41) is 0. The highest BCUT2D eigenvalue weighted by molar-refractivity contribution is 5.69. The second kappa shape index (κ2) is 12.8. The monoisotopic (exact) mass is 414 g/mol. The Bertz CT molecular complexity index is 759. The van der Waals surface area contributed by atoms with Crippen LogP contribution in [-0.2, 0) is 37.0 Å². The second-order valence-electron chi connectivity index (χ2n) is 6.68. The summed E-state index contributed by atoms with van der Waals surface area (Å²) in [5.41, 5.74) is 1.99. The lowest BCUT2D eigenvalue weighted by Crippen LogP contribution is -2.42. The molecule has 0 aliphatic heterocycles. The van der Waals surface area contributed by atoms with Gasteiger partial charge in [0.05, 0.1) is 40.0 Å². The summed E-state index contributed by atoms with van der Waals surface area (Å²) in [7, 11) is 4.50. The average molecular weight is 414 g/mol. The fraction of sp³-hybridized carbons (Fsp3) is 0.375. The van der Waals surface area contributed by atoms with Gasteiger partial charge >= 0.3 is 5.97 Å². The minimum Gasteiger partial charge on any atom is -0.497 e. The van der Waals surface area contributed by atoms with Gasteiger partial charge in [-0.2, -0.15) is 0 Å². The molecule has 0 saturated heterocycles. The Morgan fingerprint density at radius 2 is 1.57 bits per heavy atom. The highest BCUT2D eigenvalue weighted by atomic mass is 16.6. The fourth-order valence-corrected chi connectivity index (χ4v) is 2.97. The van der Waals surface area contributed by atoms with E-state index in [1.165, 1.54) is 14.2 Å². The van der Waals surface area contributed by atoms with E-state index in [2.05, 4.69) is 6.58 Å². The van der Waals surface area contributed by atoms with E-state index in [9.17, 15) is 4.79 Å². The van der Waals surface area contributed by atoms with Crippen molar-refractivity contribution < 1.29 is 28.5 Å². The number of carbonyl (C=O) groups is 1. The number of benzene rings is 2. The first-order chi connectivity index (χ1) is 14.6. The van der Waals surface area contributed by atoms with E-state index in [0.29, 0.717) is 13.2 Å². The van der Waals surface area contributed by atoms with Gasteiger partial charge in [0.2, 0.25) is 0 Å². The van der Waals surface area contributed by atoms with Crippen molar-refractivity contribution in [1.29, 1.82) is 0 Å². The summed E-state index contributed by atoms with van der Waals surface area (Å²) < 4.78 is 27.8. The van der Waals surface area contributed by atoms with E-state index >= 15 is 0 Å². The Balaban J connectivity index is 2.13. The first-order valence-corrected chi connectivity index (χ1v) is 9.73. The highest BCUT2D eigenvalue weighted by Gasteiger charge is 2.32. The number of methoxy groups -OCH3 is 3. The zero-order valence-corrected chi connectivity index (χ0v) is 17.8. The Hall–Kier alpha value is -2.67. The molecule has 0 unspecified atom stereocenters. The number of rotatable bonds is 13. The first-order valence-electron chi connectivity index (χ1n) is 9.73. The van der Waals surface area contributed by atoms with Crippen LogP contribution in [-0.4, -0.2) is 45.6 Å². The number of hydrogen-bond donors (Lipinski definition) is 0. The summed E-state index contributed by atoms with van der Waals surface area (Å²) in [6, 6.07) is 17.4. The van der Waals surface area contributed by atoms with Gasteiger partial charge in [0.15, 0.2) is 0 Å². The Morgan fingerprint density at radius 3 is 2.13 bits per heavy atom. The maximum atomic E-state index is 11.9. The lowest BCUT2D eigenvalue weighted by Gasteiger charge is -2.31.